The molecule has 2 heterocycles. The van der Waals surface area contributed by atoms with Gasteiger partial charge in [-0.2, -0.15) is 0 Å². The fraction of sp³-hybridized carbons (Fsp3) is 0.286. The summed E-state index contributed by atoms with van der Waals surface area (Å²) in [5.41, 5.74) is 6.38. The molecule has 0 aromatic heterocycles. The summed E-state index contributed by atoms with van der Waals surface area (Å²) in [6.45, 7) is 0.337. The first-order valence-corrected chi connectivity index (χ1v) is 10.9. The molecule has 0 aliphatic carbocycles. The molecule has 0 bridgehead atoms. The van der Waals surface area contributed by atoms with Crippen molar-refractivity contribution in [2.45, 2.75) is 6.17 Å². The summed E-state index contributed by atoms with van der Waals surface area (Å²) in [6.07, 6.45) is -0.521. The lowest BCUT2D eigenvalue weighted by Gasteiger charge is -2.32. The summed E-state index contributed by atoms with van der Waals surface area (Å²) in [7, 11) is 3.00. The molecule has 33 heavy (non-hydrogen) atoms. The van der Waals surface area contributed by atoms with Gasteiger partial charge in [-0.15, -0.1) is 0 Å². The standard InChI is InChI=1S/C21H21F2N5O4S/c1-31-13-5-11(6-14(8-13)32-2)25-18(29)10-33-21-26-19-15(9-24-27-19)20(30)28(21)12-3-4-16(22)17(23)7-12/h3-8,15,19,24,27H,9-10H2,1-2H3,(H,25,29). The normalized spacial score (nSPS) is 19.7. The summed E-state index contributed by atoms with van der Waals surface area (Å²) in [6, 6.07) is 8.12. The topological polar surface area (TPSA) is 104 Å². The van der Waals surface area contributed by atoms with Crippen molar-refractivity contribution in [3.05, 3.63) is 48.0 Å². The number of aliphatic imine (C=N–C) groups is 1. The molecule has 1 saturated heterocycles. The second-order valence-corrected chi connectivity index (χ2v) is 8.14. The number of hydrazine groups is 1. The van der Waals surface area contributed by atoms with Crippen LogP contribution in [0, 0.1) is 17.6 Å². The Morgan fingerprint density at radius 1 is 1.18 bits per heavy atom. The Balaban J connectivity index is 1.52. The van der Waals surface area contributed by atoms with E-state index in [1.165, 1.54) is 25.2 Å². The number of benzene rings is 2. The van der Waals surface area contributed by atoms with Crippen LogP contribution in [-0.4, -0.2) is 49.7 Å². The van der Waals surface area contributed by atoms with Gasteiger partial charge in [0, 0.05) is 36.5 Å². The monoisotopic (exact) mass is 477 g/mol. The Morgan fingerprint density at radius 2 is 1.91 bits per heavy atom. The predicted octanol–water partition coefficient (Wildman–Crippen LogP) is 2.11. The zero-order valence-electron chi connectivity index (χ0n) is 17.7. The van der Waals surface area contributed by atoms with Crippen molar-refractivity contribution in [2.75, 3.05) is 36.7 Å². The Kier molecular flexibility index (Phi) is 6.77. The van der Waals surface area contributed by atoms with E-state index < -0.39 is 23.7 Å². The van der Waals surface area contributed by atoms with Crippen LogP contribution in [0.5, 0.6) is 11.5 Å². The molecule has 9 nitrogen and oxygen atoms in total. The van der Waals surface area contributed by atoms with Crippen molar-refractivity contribution in [2.24, 2.45) is 10.9 Å². The number of amides is 2. The number of carbonyl (C=O) groups is 2. The molecule has 3 N–H and O–H groups in total. The van der Waals surface area contributed by atoms with Gasteiger partial charge in [-0.1, -0.05) is 11.8 Å². The maximum atomic E-state index is 13.9. The average Bonchev–Trinajstić information content (AvgIpc) is 3.28. The maximum Gasteiger partial charge on any atom is 0.241 e. The van der Waals surface area contributed by atoms with E-state index in [9.17, 15) is 18.4 Å². The molecule has 12 heteroatoms. The number of nitrogens with zero attached hydrogens (tertiary/aromatic N) is 2. The fourth-order valence-corrected chi connectivity index (χ4v) is 4.28. The number of methoxy groups -OCH3 is 2. The van der Waals surface area contributed by atoms with E-state index in [2.05, 4.69) is 21.2 Å². The second kappa shape index (κ2) is 9.73. The molecule has 2 aromatic carbocycles. The van der Waals surface area contributed by atoms with E-state index in [1.807, 2.05) is 0 Å². The van der Waals surface area contributed by atoms with E-state index in [-0.39, 0.29) is 28.4 Å². The van der Waals surface area contributed by atoms with Gasteiger partial charge in [0.1, 0.15) is 17.7 Å². The predicted molar refractivity (Wildman–Crippen MR) is 120 cm³/mol. The van der Waals surface area contributed by atoms with Gasteiger partial charge < -0.3 is 14.8 Å². The van der Waals surface area contributed by atoms with Crippen LogP contribution in [0.15, 0.2) is 41.4 Å². The smallest absolute Gasteiger partial charge is 0.241 e. The number of ether oxygens (including phenoxy) is 2. The van der Waals surface area contributed by atoms with Crippen molar-refractivity contribution in [1.29, 1.82) is 0 Å². The highest BCUT2D eigenvalue weighted by molar-refractivity contribution is 8.14. The van der Waals surface area contributed by atoms with Gasteiger partial charge in [0.2, 0.25) is 11.8 Å². The summed E-state index contributed by atoms with van der Waals surface area (Å²) in [5, 5.41) is 2.94. The number of anilines is 2. The molecular weight excluding hydrogens is 456 g/mol. The molecule has 2 aromatic rings. The molecule has 2 amide bonds. The maximum absolute atomic E-state index is 13.9. The number of hydrogen-bond donors (Lipinski definition) is 3. The van der Waals surface area contributed by atoms with Crippen molar-refractivity contribution in [1.82, 2.24) is 10.9 Å². The number of rotatable bonds is 6. The van der Waals surface area contributed by atoms with Crippen LogP contribution in [0.1, 0.15) is 0 Å². The summed E-state index contributed by atoms with van der Waals surface area (Å²) in [4.78, 5) is 31.4. The SMILES string of the molecule is COc1cc(NC(=O)CSC2=NC3NNCC3C(=O)N2c2ccc(F)c(F)c2)cc(OC)c1. The number of hydrogen-bond acceptors (Lipinski definition) is 8. The third kappa shape index (κ3) is 4.92. The minimum absolute atomic E-state index is 0.0867. The lowest BCUT2D eigenvalue weighted by Crippen LogP contribution is -2.49. The average molecular weight is 477 g/mol. The highest BCUT2D eigenvalue weighted by Gasteiger charge is 2.42. The lowest BCUT2D eigenvalue weighted by atomic mass is 10.0. The van der Waals surface area contributed by atoms with E-state index in [0.717, 1.165) is 23.9 Å². The highest BCUT2D eigenvalue weighted by atomic mass is 32.2. The van der Waals surface area contributed by atoms with Crippen molar-refractivity contribution in [3.8, 4) is 11.5 Å². The van der Waals surface area contributed by atoms with Crippen molar-refractivity contribution in [3.63, 3.8) is 0 Å². The zero-order valence-corrected chi connectivity index (χ0v) is 18.5. The minimum atomic E-state index is -1.08. The van der Waals surface area contributed by atoms with Gasteiger partial charge in [-0.05, 0) is 12.1 Å². The van der Waals surface area contributed by atoms with Crippen molar-refractivity contribution < 1.29 is 27.8 Å². The quantitative estimate of drug-likeness (QED) is 0.586. The van der Waals surface area contributed by atoms with Crippen LogP contribution in [0.4, 0.5) is 20.2 Å². The van der Waals surface area contributed by atoms with E-state index in [0.29, 0.717) is 23.7 Å². The Hall–Kier alpha value is -3.22. The number of fused-ring (bicyclic) bond motifs is 1. The largest absolute Gasteiger partial charge is 0.497 e. The van der Waals surface area contributed by atoms with Crippen LogP contribution in [0.2, 0.25) is 0 Å². The van der Waals surface area contributed by atoms with Crippen LogP contribution >= 0.6 is 11.8 Å². The van der Waals surface area contributed by atoms with Gasteiger partial charge in [0.25, 0.3) is 0 Å². The zero-order chi connectivity index (χ0) is 23.5. The molecule has 2 aliphatic rings. The number of amidine groups is 1. The van der Waals surface area contributed by atoms with Crippen LogP contribution in [0.3, 0.4) is 0 Å². The highest BCUT2D eigenvalue weighted by Crippen LogP contribution is 2.31. The second-order valence-electron chi connectivity index (χ2n) is 7.20. The molecule has 4 rings (SSSR count). The molecular formula is C21H21F2N5O4S. The first-order valence-electron chi connectivity index (χ1n) is 9.90. The first kappa shape index (κ1) is 23.0. The number of thioether (sulfide) groups is 1. The number of carbonyl (C=O) groups excluding carboxylic acids is 2. The molecule has 1 fully saturated rings. The van der Waals surface area contributed by atoms with E-state index in [1.54, 1.807) is 18.2 Å². The number of nitrogens with one attached hydrogen (secondary N) is 3. The summed E-state index contributed by atoms with van der Waals surface area (Å²) >= 11 is 1.01. The molecule has 2 unspecified atom stereocenters. The fourth-order valence-electron chi connectivity index (χ4n) is 3.44. The molecule has 174 valence electrons. The van der Waals surface area contributed by atoms with E-state index in [4.69, 9.17) is 9.47 Å². The Labute approximate surface area is 192 Å². The molecule has 0 spiro atoms. The summed E-state index contributed by atoms with van der Waals surface area (Å²) in [5.74, 6) is -2.39. The third-order valence-corrected chi connectivity index (χ3v) is 6.01. The molecule has 0 radical (unpaired) electrons. The van der Waals surface area contributed by atoms with Gasteiger partial charge in [-0.3, -0.25) is 19.9 Å². The molecule has 2 aliphatic heterocycles. The molecule has 0 saturated carbocycles. The third-order valence-electron chi connectivity index (χ3n) is 5.06. The van der Waals surface area contributed by atoms with Crippen molar-refractivity contribution >= 4 is 40.1 Å². The summed E-state index contributed by atoms with van der Waals surface area (Å²) < 4.78 is 37.7. The van der Waals surface area contributed by atoms with Crippen LogP contribution < -0.4 is 30.5 Å². The Morgan fingerprint density at radius 3 is 2.58 bits per heavy atom. The first-order chi connectivity index (χ1) is 15.9. The van der Waals surface area contributed by atoms with Gasteiger partial charge >= 0.3 is 0 Å². The van der Waals surface area contributed by atoms with Gasteiger partial charge in [0.05, 0.1) is 31.6 Å². The van der Waals surface area contributed by atoms with Gasteiger partial charge in [0.15, 0.2) is 16.8 Å². The molecule has 2 atom stereocenters. The van der Waals surface area contributed by atoms with Crippen LogP contribution in [0.25, 0.3) is 0 Å². The van der Waals surface area contributed by atoms with Gasteiger partial charge in [-0.25, -0.2) is 19.2 Å². The minimum Gasteiger partial charge on any atom is -0.497 e. The van der Waals surface area contributed by atoms with Crippen LogP contribution in [-0.2, 0) is 9.59 Å². The Bertz CT molecular complexity index is 1090. The number of halogens is 2. The van der Waals surface area contributed by atoms with E-state index >= 15 is 0 Å². The lowest BCUT2D eigenvalue weighted by molar-refractivity contribution is -0.121.